The van der Waals surface area contributed by atoms with Crippen molar-refractivity contribution in [1.29, 1.82) is 0 Å². The number of nitro benzene ring substituents is 1. The zero-order chi connectivity index (χ0) is 20.0. The quantitative estimate of drug-likeness (QED) is 0.299. The van der Waals surface area contributed by atoms with Gasteiger partial charge < -0.3 is 18.9 Å². The first kappa shape index (κ1) is 19.7. The van der Waals surface area contributed by atoms with Gasteiger partial charge in [-0.3, -0.25) is 14.9 Å². The number of rotatable bonds is 8. The fraction of sp³-hybridized carbons (Fsp3) is 0.222. The van der Waals surface area contributed by atoms with Gasteiger partial charge in [-0.1, -0.05) is 0 Å². The van der Waals surface area contributed by atoms with Crippen molar-refractivity contribution < 1.29 is 33.5 Å². The number of hydrogen-bond acceptors (Lipinski definition) is 8. The average molecular weight is 375 g/mol. The van der Waals surface area contributed by atoms with Crippen molar-refractivity contribution in [2.45, 2.75) is 0 Å². The zero-order valence-corrected chi connectivity index (χ0v) is 14.9. The topological polar surface area (TPSA) is 114 Å². The molecular formula is C18H17NO8. The molecule has 2 rings (SSSR count). The number of nitro groups is 1. The van der Waals surface area contributed by atoms with Crippen LogP contribution < -0.4 is 14.2 Å². The molecule has 0 radical (unpaired) electrons. The van der Waals surface area contributed by atoms with Crippen molar-refractivity contribution in [2.24, 2.45) is 0 Å². The lowest BCUT2D eigenvalue weighted by Gasteiger charge is -2.11. The van der Waals surface area contributed by atoms with Crippen molar-refractivity contribution >= 4 is 17.4 Å². The van der Waals surface area contributed by atoms with Crippen molar-refractivity contribution in [1.82, 2.24) is 0 Å². The molecule has 2 aromatic rings. The minimum absolute atomic E-state index is 0.0973. The lowest BCUT2D eigenvalue weighted by Crippen LogP contribution is -2.16. The van der Waals surface area contributed by atoms with Gasteiger partial charge >= 0.3 is 5.97 Å². The molecule has 142 valence electrons. The smallest absolute Gasteiger partial charge is 0.342 e. The molecule has 0 heterocycles. The molecule has 27 heavy (non-hydrogen) atoms. The van der Waals surface area contributed by atoms with E-state index in [0.717, 1.165) is 6.07 Å². The van der Waals surface area contributed by atoms with Crippen LogP contribution in [0.4, 0.5) is 5.69 Å². The van der Waals surface area contributed by atoms with Crippen molar-refractivity contribution in [3.8, 4) is 17.2 Å². The predicted molar refractivity (Wildman–Crippen MR) is 93.8 cm³/mol. The number of methoxy groups -OCH3 is 3. The summed E-state index contributed by atoms with van der Waals surface area (Å²) in [6, 6.07) is 8.09. The highest BCUT2D eigenvalue weighted by atomic mass is 16.6. The third-order valence-electron chi connectivity index (χ3n) is 3.66. The number of Topliss-reactive ketones (excluding diaryl/α,β-unsaturated/α-hetero) is 1. The van der Waals surface area contributed by atoms with E-state index in [-0.39, 0.29) is 28.3 Å². The van der Waals surface area contributed by atoms with E-state index in [2.05, 4.69) is 0 Å². The van der Waals surface area contributed by atoms with E-state index < -0.39 is 23.3 Å². The molecule has 0 N–H and O–H groups in total. The molecule has 0 aromatic heterocycles. The van der Waals surface area contributed by atoms with Gasteiger partial charge in [-0.2, -0.15) is 0 Å². The maximum absolute atomic E-state index is 12.4. The van der Waals surface area contributed by atoms with Crippen LogP contribution in [0.25, 0.3) is 0 Å². The number of nitrogens with zero attached hydrogens (tertiary/aromatic N) is 1. The highest BCUT2D eigenvalue weighted by Crippen LogP contribution is 2.26. The molecule has 0 saturated carbocycles. The SMILES string of the molecule is COc1ccc(C(=O)COC(=O)c2cc([N+](=O)[O-])ccc2OC)c(OC)c1. The summed E-state index contributed by atoms with van der Waals surface area (Å²) in [6.45, 7) is -0.576. The molecule has 0 atom stereocenters. The summed E-state index contributed by atoms with van der Waals surface area (Å²) in [5, 5.41) is 10.9. The largest absolute Gasteiger partial charge is 0.497 e. The van der Waals surface area contributed by atoms with Gasteiger partial charge in [-0.25, -0.2) is 4.79 Å². The van der Waals surface area contributed by atoms with E-state index in [1.165, 1.54) is 45.6 Å². The van der Waals surface area contributed by atoms with Gasteiger partial charge in [0.25, 0.3) is 5.69 Å². The molecular weight excluding hydrogens is 358 g/mol. The number of hydrogen-bond donors (Lipinski definition) is 0. The van der Waals surface area contributed by atoms with Crippen LogP contribution in [0, 0.1) is 10.1 Å². The Labute approximate surface area is 154 Å². The summed E-state index contributed by atoms with van der Waals surface area (Å²) in [5.74, 6) is -0.561. The summed E-state index contributed by atoms with van der Waals surface area (Å²) >= 11 is 0. The normalized spacial score (nSPS) is 10.0. The number of benzene rings is 2. The van der Waals surface area contributed by atoms with Gasteiger partial charge in [0, 0.05) is 18.2 Å². The van der Waals surface area contributed by atoms with E-state index in [1.807, 2.05) is 0 Å². The summed E-state index contributed by atoms with van der Waals surface area (Å²) in [5.41, 5.74) is -0.246. The third-order valence-corrected chi connectivity index (χ3v) is 3.66. The lowest BCUT2D eigenvalue weighted by molar-refractivity contribution is -0.384. The fourth-order valence-corrected chi connectivity index (χ4v) is 2.28. The molecule has 9 heteroatoms. The molecule has 0 saturated heterocycles. The molecule has 0 unspecified atom stereocenters. The van der Waals surface area contributed by atoms with Gasteiger partial charge in [0.2, 0.25) is 5.78 Å². The standard InChI is InChI=1S/C18H17NO8/c1-24-12-5-6-13(17(9-12)26-3)15(20)10-27-18(21)14-8-11(19(22)23)4-7-16(14)25-2/h4-9H,10H2,1-3H3. The van der Waals surface area contributed by atoms with Gasteiger partial charge in [0.05, 0.1) is 31.8 Å². The number of carbonyl (C=O) groups is 2. The van der Waals surface area contributed by atoms with Crippen LogP contribution in [0.3, 0.4) is 0 Å². The molecule has 0 fully saturated rings. The number of ether oxygens (including phenoxy) is 4. The second kappa shape index (κ2) is 8.65. The summed E-state index contributed by atoms with van der Waals surface area (Å²) in [4.78, 5) is 34.8. The minimum atomic E-state index is -0.920. The number of ketones is 1. The molecule has 0 aliphatic heterocycles. The fourth-order valence-electron chi connectivity index (χ4n) is 2.28. The van der Waals surface area contributed by atoms with E-state index in [4.69, 9.17) is 18.9 Å². The van der Waals surface area contributed by atoms with E-state index >= 15 is 0 Å². The molecule has 0 aliphatic carbocycles. The monoisotopic (exact) mass is 375 g/mol. The van der Waals surface area contributed by atoms with Gasteiger partial charge in [0.15, 0.2) is 6.61 Å². The number of carbonyl (C=O) groups excluding carboxylic acids is 2. The minimum Gasteiger partial charge on any atom is -0.497 e. The number of non-ortho nitro benzene ring substituents is 1. The molecule has 0 spiro atoms. The Morgan fingerprint density at radius 3 is 2.22 bits per heavy atom. The van der Waals surface area contributed by atoms with E-state index in [9.17, 15) is 19.7 Å². The summed E-state index contributed by atoms with van der Waals surface area (Å²) < 4.78 is 20.2. The number of esters is 1. The third kappa shape index (κ3) is 4.51. The molecule has 0 aliphatic rings. The average Bonchev–Trinajstić information content (AvgIpc) is 2.70. The molecule has 0 amide bonds. The maximum Gasteiger partial charge on any atom is 0.342 e. The van der Waals surface area contributed by atoms with E-state index in [0.29, 0.717) is 5.75 Å². The Balaban J connectivity index is 2.17. The maximum atomic E-state index is 12.4. The van der Waals surface area contributed by atoms with E-state index in [1.54, 1.807) is 6.07 Å². The summed E-state index contributed by atoms with van der Waals surface area (Å²) in [6.07, 6.45) is 0. The van der Waals surface area contributed by atoms with Crippen LogP contribution in [0.1, 0.15) is 20.7 Å². The molecule has 2 aromatic carbocycles. The second-order valence-corrected chi connectivity index (χ2v) is 5.21. The lowest BCUT2D eigenvalue weighted by atomic mass is 10.1. The highest BCUT2D eigenvalue weighted by Gasteiger charge is 2.21. The van der Waals surface area contributed by atoms with Crippen LogP contribution in [-0.4, -0.2) is 44.6 Å². The first-order chi connectivity index (χ1) is 12.9. The van der Waals surface area contributed by atoms with Crippen LogP contribution in [-0.2, 0) is 4.74 Å². The highest BCUT2D eigenvalue weighted by molar-refractivity contribution is 6.02. The van der Waals surface area contributed by atoms with Gasteiger partial charge in [-0.05, 0) is 18.2 Å². The van der Waals surface area contributed by atoms with Crippen molar-refractivity contribution in [3.05, 3.63) is 57.6 Å². The molecule has 0 bridgehead atoms. The van der Waals surface area contributed by atoms with Gasteiger partial charge in [-0.15, -0.1) is 0 Å². The van der Waals surface area contributed by atoms with Crippen LogP contribution in [0.5, 0.6) is 17.2 Å². The van der Waals surface area contributed by atoms with Crippen LogP contribution in [0.2, 0.25) is 0 Å². The van der Waals surface area contributed by atoms with Crippen molar-refractivity contribution in [3.63, 3.8) is 0 Å². The van der Waals surface area contributed by atoms with Crippen molar-refractivity contribution in [2.75, 3.05) is 27.9 Å². The Morgan fingerprint density at radius 2 is 1.63 bits per heavy atom. The van der Waals surface area contributed by atoms with Gasteiger partial charge in [0.1, 0.15) is 22.8 Å². The zero-order valence-electron chi connectivity index (χ0n) is 14.9. The van der Waals surface area contributed by atoms with Crippen LogP contribution >= 0.6 is 0 Å². The summed E-state index contributed by atoms with van der Waals surface area (Å²) in [7, 11) is 4.18. The Morgan fingerprint density at radius 1 is 0.926 bits per heavy atom. The predicted octanol–water partition coefficient (Wildman–Crippen LogP) is 2.66. The Hall–Kier alpha value is -3.62. The first-order valence-corrected chi connectivity index (χ1v) is 7.66. The Kier molecular flexibility index (Phi) is 6.32. The van der Waals surface area contributed by atoms with Crippen LogP contribution in [0.15, 0.2) is 36.4 Å². The molecule has 9 nitrogen and oxygen atoms in total. The second-order valence-electron chi connectivity index (χ2n) is 5.21. The first-order valence-electron chi connectivity index (χ1n) is 7.66. The Bertz CT molecular complexity index is 878.